The van der Waals surface area contributed by atoms with Gasteiger partial charge in [0, 0.05) is 24.1 Å². The first kappa shape index (κ1) is 14.5. The number of carbonyl (C=O) groups is 1. The van der Waals surface area contributed by atoms with Crippen LogP contribution < -0.4 is 5.32 Å². The van der Waals surface area contributed by atoms with Crippen molar-refractivity contribution < 1.29 is 9.53 Å². The Balaban J connectivity index is 1.71. The normalized spacial score (nSPS) is 20.7. The quantitative estimate of drug-likeness (QED) is 0.868. The Bertz CT molecular complexity index is 388. The maximum atomic E-state index is 11.9. The molecule has 2 atom stereocenters. The average Bonchev–Trinajstić information content (AvgIpc) is 3.08. The van der Waals surface area contributed by atoms with Gasteiger partial charge in [0.2, 0.25) is 5.91 Å². The number of hydrogen-bond acceptors (Lipinski definition) is 4. The summed E-state index contributed by atoms with van der Waals surface area (Å²) in [5.74, 6) is 0.0707. The van der Waals surface area contributed by atoms with Crippen molar-refractivity contribution in [3.63, 3.8) is 0 Å². The Kier molecular flexibility index (Phi) is 5.36. The van der Waals surface area contributed by atoms with Gasteiger partial charge in [-0.05, 0) is 38.3 Å². The number of nitrogens with one attached hydrogen (secondary N) is 1. The zero-order chi connectivity index (χ0) is 13.7. The second-order valence-electron chi connectivity index (χ2n) is 5.05. The highest BCUT2D eigenvalue weighted by Gasteiger charge is 2.18. The lowest BCUT2D eigenvalue weighted by Gasteiger charge is -2.23. The van der Waals surface area contributed by atoms with Crippen LogP contribution in [0.3, 0.4) is 0 Å². The van der Waals surface area contributed by atoms with E-state index in [4.69, 9.17) is 4.74 Å². The molecule has 0 spiro atoms. The largest absolute Gasteiger partial charge is 0.376 e. The van der Waals surface area contributed by atoms with Crippen LogP contribution in [0.25, 0.3) is 0 Å². The van der Waals surface area contributed by atoms with Crippen LogP contribution in [0, 0.1) is 0 Å². The lowest BCUT2D eigenvalue weighted by molar-refractivity contribution is -0.122. The molecule has 0 bridgehead atoms. The molecule has 2 heterocycles. The van der Waals surface area contributed by atoms with E-state index in [0.717, 1.165) is 19.4 Å². The summed E-state index contributed by atoms with van der Waals surface area (Å²) in [5.41, 5.74) is 0. The number of ether oxygens (including phenoxy) is 1. The summed E-state index contributed by atoms with van der Waals surface area (Å²) in [4.78, 5) is 15.2. The van der Waals surface area contributed by atoms with E-state index < -0.39 is 0 Å². The number of carbonyl (C=O) groups excluding carboxylic acids is 1. The molecule has 106 valence electrons. The molecule has 1 fully saturated rings. The fraction of sp³-hybridized carbons (Fsp3) is 0.643. The SMILES string of the molecule is CC(c1cccs1)N(C)CC(=O)NCC1CCCO1. The molecule has 2 rings (SSSR count). The molecule has 1 amide bonds. The number of nitrogens with zero attached hydrogens (tertiary/aromatic N) is 1. The van der Waals surface area contributed by atoms with Crippen LogP contribution in [0.1, 0.15) is 30.7 Å². The van der Waals surface area contributed by atoms with Gasteiger partial charge in [-0.25, -0.2) is 0 Å². The van der Waals surface area contributed by atoms with Gasteiger partial charge in [0.15, 0.2) is 0 Å². The second kappa shape index (κ2) is 7.03. The van der Waals surface area contributed by atoms with E-state index in [2.05, 4.69) is 28.6 Å². The van der Waals surface area contributed by atoms with Crippen LogP contribution in [0.15, 0.2) is 17.5 Å². The molecule has 5 heteroatoms. The summed E-state index contributed by atoms with van der Waals surface area (Å²) in [6, 6.07) is 4.42. The van der Waals surface area contributed by atoms with Gasteiger partial charge in [-0.15, -0.1) is 11.3 Å². The highest BCUT2D eigenvalue weighted by Crippen LogP contribution is 2.22. The van der Waals surface area contributed by atoms with Crippen LogP contribution in [0.5, 0.6) is 0 Å². The van der Waals surface area contributed by atoms with Crippen molar-refractivity contribution in [1.29, 1.82) is 0 Å². The van der Waals surface area contributed by atoms with Gasteiger partial charge in [0.05, 0.1) is 12.6 Å². The Labute approximate surface area is 118 Å². The van der Waals surface area contributed by atoms with Gasteiger partial charge in [-0.3, -0.25) is 9.69 Å². The zero-order valence-corrected chi connectivity index (χ0v) is 12.4. The Morgan fingerprint density at radius 3 is 3.16 bits per heavy atom. The molecule has 19 heavy (non-hydrogen) atoms. The third-order valence-electron chi connectivity index (χ3n) is 3.56. The van der Waals surface area contributed by atoms with Gasteiger partial charge in [-0.1, -0.05) is 6.07 Å². The van der Waals surface area contributed by atoms with E-state index in [1.54, 1.807) is 11.3 Å². The van der Waals surface area contributed by atoms with Gasteiger partial charge in [-0.2, -0.15) is 0 Å². The van der Waals surface area contributed by atoms with E-state index >= 15 is 0 Å². The fourth-order valence-corrected chi connectivity index (χ4v) is 3.05. The predicted molar refractivity (Wildman–Crippen MR) is 77.3 cm³/mol. The monoisotopic (exact) mass is 282 g/mol. The topological polar surface area (TPSA) is 41.6 Å². The van der Waals surface area contributed by atoms with Gasteiger partial charge < -0.3 is 10.1 Å². The highest BCUT2D eigenvalue weighted by molar-refractivity contribution is 7.10. The van der Waals surface area contributed by atoms with Crippen molar-refractivity contribution in [3.05, 3.63) is 22.4 Å². The van der Waals surface area contributed by atoms with E-state index in [-0.39, 0.29) is 18.1 Å². The molecule has 1 aromatic heterocycles. The van der Waals surface area contributed by atoms with Gasteiger partial charge in [0.25, 0.3) is 0 Å². The third kappa shape index (κ3) is 4.30. The number of rotatable bonds is 6. The molecular formula is C14H22N2O2S. The van der Waals surface area contributed by atoms with E-state index in [0.29, 0.717) is 13.1 Å². The summed E-state index contributed by atoms with van der Waals surface area (Å²) in [6.07, 6.45) is 2.38. The number of thiophene rings is 1. The molecular weight excluding hydrogens is 260 g/mol. The zero-order valence-electron chi connectivity index (χ0n) is 11.6. The Hall–Kier alpha value is -0.910. The minimum Gasteiger partial charge on any atom is -0.376 e. The van der Waals surface area contributed by atoms with E-state index in [1.165, 1.54) is 4.88 Å². The first-order valence-electron chi connectivity index (χ1n) is 6.78. The third-order valence-corrected chi connectivity index (χ3v) is 4.60. The lowest BCUT2D eigenvalue weighted by atomic mass is 10.2. The predicted octanol–water partition coefficient (Wildman–Crippen LogP) is 2.04. The van der Waals surface area contributed by atoms with Gasteiger partial charge >= 0.3 is 0 Å². The van der Waals surface area contributed by atoms with Crippen molar-refractivity contribution in [2.24, 2.45) is 0 Å². The molecule has 1 N–H and O–H groups in total. The molecule has 0 saturated carbocycles. The summed E-state index contributed by atoms with van der Waals surface area (Å²) < 4.78 is 5.49. The van der Waals surface area contributed by atoms with Crippen molar-refractivity contribution in [2.75, 3.05) is 26.7 Å². The fourth-order valence-electron chi connectivity index (χ4n) is 2.20. The minimum atomic E-state index is 0.0707. The molecule has 4 nitrogen and oxygen atoms in total. The molecule has 0 aliphatic carbocycles. The highest BCUT2D eigenvalue weighted by atomic mass is 32.1. The number of likely N-dealkylation sites (N-methyl/N-ethyl adjacent to an activating group) is 1. The maximum Gasteiger partial charge on any atom is 0.234 e. The van der Waals surface area contributed by atoms with Crippen LogP contribution in [0.4, 0.5) is 0 Å². The van der Waals surface area contributed by atoms with E-state index in [1.807, 2.05) is 13.1 Å². The van der Waals surface area contributed by atoms with Crippen LogP contribution in [-0.2, 0) is 9.53 Å². The number of hydrogen-bond donors (Lipinski definition) is 1. The second-order valence-corrected chi connectivity index (χ2v) is 6.02. The van der Waals surface area contributed by atoms with Crippen molar-refractivity contribution >= 4 is 17.2 Å². The summed E-state index contributed by atoms with van der Waals surface area (Å²) in [5, 5.41) is 5.02. The van der Waals surface area contributed by atoms with Crippen molar-refractivity contribution in [1.82, 2.24) is 10.2 Å². The molecule has 1 aromatic rings. The molecule has 1 aliphatic heterocycles. The maximum absolute atomic E-state index is 11.9. The van der Waals surface area contributed by atoms with E-state index in [9.17, 15) is 4.79 Å². The van der Waals surface area contributed by atoms with Gasteiger partial charge in [0.1, 0.15) is 0 Å². The smallest absolute Gasteiger partial charge is 0.234 e. The van der Waals surface area contributed by atoms with Crippen LogP contribution in [0.2, 0.25) is 0 Å². The number of amides is 1. The minimum absolute atomic E-state index is 0.0707. The Morgan fingerprint density at radius 1 is 1.68 bits per heavy atom. The average molecular weight is 282 g/mol. The van der Waals surface area contributed by atoms with Crippen LogP contribution >= 0.6 is 11.3 Å². The van der Waals surface area contributed by atoms with Crippen molar-refractivity contribution in [2.45, 2.75) is 31.9 Å². The molecule has 1 aliphatic rings. The molecule has 0 aromatic carbocycles. The molecule has 2 unspecified atom stereocenters. The lowest BCUT2D eigenvalue weighted by Crippen LogP contribution is -2.39. The first-order chi connectivity index (χ1) is 9.16. The molecule has 1 saturated heterocycles. The summed E-state index contributed by atoms with van der Waals surface area (Å²) >= 11 is 1.73. The van der Waals surface area contributed by atoms with Crippen molar-refractivity contribution in [3.8, 4) is 0 Å². The molecule has 0 radical (unpaired) electrons. The summed E-state index contributed by atoms with van der Waals surface area (Å²) in [6.45, 7) is 4.01. The Morgan fingerprint density at radius 2 is 2.53 bits per heavy atom. The first-order valence-corrected chi connectivity index (χ1v) is 7.66. The van der Waals surface area contributed by atoms with Crippen LogP contribution in [-0.4, -0.2) is 43.7 Å². The standard InChI is InChI=1S/C14H22N2O2S/c1-11(13-6-4-8-19-13)16(2)10-14(17)15-9-12-5-3-7-18-12/h4,6,8,11-12H,3,5,7,9-10H2,1-2H3,(H,15,17). The summed E-state index contributed by atoms with van der Waals surface area (Å²) in [7, 11) is 1.98.